The van der Waals surface area contributed by atoms with Crippen molar-refractivity contribution in [2.45, 2.75) is 104 Å². The van der Waals surface area contributed by atoms with E-state index in [9.17, 15) is 29.8 Å². The second-order valence-electron chi connectivity index (χ2n) is 14.9. The summed E-state index contributed by atoms with van der Waals surface area (Å²) in [6.07, 6.45) is -1.85. The van der Waals surface area contributed by atoms with E-state index < -0.39 is 55.4 Å². The van der Waals surface area contributed by atoms with Crippen LogP contribution in [-0.4, -0.2) is 91.9 Å². The lowest BCUT2D eigenvalue weighted by Gasteiger charge is -2.37. The standard InChI is InChI=1S/C40H51N8O11P/c1-24(2)28-13-15-29(16-14-28)54-22-34(49)43-39-44-37-36(38(50)45-39)42-23-46(37)35-19-32(59-60(57-18-10-17-41)47(25(3)4)26(5)6)33(58-35)21-56-40(51)55-20-27(7)30-11-8-9-12-31(30)48(52)53/h8-9,11-16,23-27,32-33,35H,10,18-22H2,1-7H3,(H2,43,44,45,49,50)/t27-,32-,33+,35+,60?/m0/s1. The Morgan fingerprint density at radius 2 is 1.82 bits per heavy atom. The van der Waals surface area contributed by atoms with Crippen molar-refractivity contribution in [2.75, 3.05) is 31.7 Å². The Bertz CT molecular complexity index is 2180. The normalized spacial score (nSPS) is 17.5. The molecule has 1 unspecified atom stereocenters. The maximum atomic E-state index is 13.1. The van der Waals surface area contributed by atoms with Gasteiger partial charge in [0.1, 0.15) is 31.3 Å². The summed E-state index contributed by atoms with van der Waals surface area (Å²) in [6.45, 7) is 13.1. The smallest absolute Gasteiger partial charge is 0.484 e. The highest BCUT2D eigenvalue weighted by Gasteiger charge is 2.42. The SMILES string of the molecule is CC(C)c1ccc(OCC(=O)Nc2nc3c(ncn3[C@H]3C[C@H](OP(OCCC#N)N(C(C)C)C(C)C)[C@@H](COC(=O)OC[C@H](C)c4ccccc4[N+](=O)[O-])O3)c(=O)[nH]2)cc1. The number of fused-ring (bicyclic) bond motifs is 1. The summed E-state index contributed by atoms with van der Waals surface area (Å²) in [7, 11) is -1.76. The average molecular weight is 851 g/mol. The van der Waals surface area contributed by atoms with Crippen LogP contribution in [0.5, 0.6) is 5.75 Å². The summed E-state index contributed by atoms with van der Waals surface area (Å²) < 4.78 is 39.3. The molecule has 2 N–H and O–H groups in total. The number of anilines is 1. The second kappa shape index (κ2) is 21.1. The van der Waals surface area contributed by atoms with Crippen LogP contribution in [0.4, 0.5) is 16.4 Å². The molecule has 20 heteroatoms. The van der Waals surface area contributed by atoms with Crippen molar-refractivity contribution in [3.05, 3.63) is 86.5 Å². The third kappa shape index (κ3) is 11.8. The molecule has 5 atom stereocenters. The molecule has 2 aromatic heterocycles. The first kappa shape index (κ1) is 45.6. The highest BCUT2D eigenvalue weighted by molar-refractivity contribution is 7.44. The highest BCUT2D eigenvalue weighted by atomic mass is 31.2. The van der Waals surface area contributed by atoms with Crippen LogP contribution < -0.4 is 15.6 Å². The lowest BCUT2D eigenvalue weighted by atomic mass is 10.0. The van der Waals surface area contributed by atoms with E-state index in [1.807, 2.05) is 44.5 Å². The van der Waals surface area contributed by atoms with E-state index >= 15 is 0 Å². The van der Waals surface area contributed by atoms with Gasteiger partial charge in [-0.3, -0.25) is 34.6 Å². The number of H-pyrrole nitrogens is 1. The van der Waals surface area contributed by atoms with Gasteiger partial charge in [-0.2, -0.15) is 10.2 Å². The molecule has 1 aliphatic heterocycles. The van der Waals surface area contributed by atoms with Crippen LogP contribution in [0, 0.1) is 21.4 Å². The van der Waals surface area contributed by atoms with Crippen molar-refractivity contribution in [2.24, 2.45) is 0 Å². The molecule has 0 aliphatic carbocycles. The molecule has 1 aliphatic rings. The number of carbonyl (C=O) groups excluding carboxylic acids is 2. The van der Waals surface area contributed by atoms with Gasteiger partial charge in [0.05, 0.1) is 36.5 Å². The van der Waals surface area contributed by atoms with Crippen molar-refractivity contribution in [3.63, 3.8) is 0 Å². The summed E-state index contributed by atoms with van der Waals surface area (Å²) in [5.74, 6) is -0.368. The third-order valence-electron chi connectivity index (χ3n) is 9.47. The predicted molar refractivity (Wildman–Crippen MR) is 220 cm³/mol. The van der Waals surface area contributed by atoms with Gasteiger partial charge in [-0.05, 0) is 51.3 Å². The van der Waals surface area contributed by atoms with Crippen LogP contribution in [0.2, 0.25) is 0 Å². The number of aromatic nitrogens is 4. The molecule has 0 saturated carbocycles. The maximum Gasteiger partial charge on any atom is 0.508 e. The molecule has 5 rings (SSSR count). The molecule has 1 amide bonds. The number of ether oxygens (including phenoxy) is 4. The van der Waals surface area contributed by atoms with E-state index in [0.29, 0.717) is 17.2 Å². The third-order valence-corrected chi connectivity index (χ3v) is 11.6. The van der Waals surface area contributed by atoms with Crippen molar-refractivity contribution in [1.82, 2.24) is 24.2 Å². The fourth-order valence-corrected chi connectivity index (χ4v) is 8.31. The molecule has 3 heterocycles. The number of nitro groups is 1. The number of imidazole rings is 1. The molecule has 0 spiro atoms. The van der Waals surface area contributed by atoms with E-state index in [-0.39, 0.29) is 74.2 Å². The minimum Gasteiger partial charge on any atom is -0.484 e. The molecule has 0 bridgehead atoms. The van der Waals surface area contributed by atoms with Gasteiger partial charge in [0.15, 0.2) is 17.8 Å². The van der Waals surface area contributed by atoms with E-state index in [4.69, 9.17) is 28.0 Å². The van der Waals surface area contributed by atoms with Crippen molar-refractivity contribution >= 4 is 43.4 Å². The Morgan fingerprint density at radius 3 is 2.48 bits per heavy atom. The van der Waals surface area contributed by atoms with Crippen LogP contribution in [0.3, 0.4) is 0 Å². The van der Waals surface area contributed by atoms with Crippen molar-refractivity contribution in [3.8, 4) is 11.8 Å². The highest BCUT2D eigenvalue weighted by Crippen LogP contribution is 2.50. The van der Waals surface area contributed by atoms with Gasteiger partial charge < -0.3 is 28.0 Å². The van der Waals surface area contributed by atoms with E-state index in [1.165, 1.54) is 17.0 Å². The molecular weight excluding hydrogens is 799 g/mol. The first-order chi connectivity index (χ1) is 28.7. The molecule has 0 radical (unpaired) electrons. The summed E-state index contributed by atoms with van der Waals surface area (Å²) in [4.78, 5) is 61.3. The first-order valence-electron chi connectivity index (χ1n) is 19.6. The Balaban J connectivity index is 1.33. The number of aromatic amines is 1. The molecule has 1 saturated heterocycles. The number of nitriles is 1. The van der Waals surface area contributed by atoms with Crippen molar-refractivity contribution in [1.29, 1.82) is 5.26 Å². The van der Waals surface area contributed by atoms with E-state index in [0.717, 1.165) is 5.56 Å². The fourth-order valence-electron chi connectivity index (χ4n) is 6.55. The monoisotopic (exact) mass is 850 g/mol. The number of hydrogen-bond donors (Lipinski definition) is 2. The lowest BCUT2D eigenvalue weighted by molar-refractivity contribution is -0.385. The molecule has 4 aromatic rings. The van der Waals surface area contributed by atoms with Crippen LogP contribution in [0.25, 0.3) is 11.2 Å². The van der Waals surface area contributed by atoms with Gasteiger partial charge in [0.25, 0.3) is 25.7 Å². The number of hydrogen-bond acceptors (Lipinski definition) is 15. The molecule has 1 fully saturated rings. The topological polar surface area (TPSA) is 235 Å². The number of nitro benzene ring substituents is 1. The van der Waals surface area contributed by atoms with Gasteiger partial charge in [-0.1, -0.05) is 51.1 Å². The van der Waals surface area contributed by atoms with Crippen LogP contribution >= 0.6 is 8.53 Å². The van der Waals surface area contributed by atoms with Gasteiger partial charge in [0.2, 0.25) is 5.95 Å². The van der Waals surface area contributed by atoms with Gasteiger partial charge in [-0.15, -0.1) is 0 Å². The van der Waals surface area contributed by atoms with Crippen LogP contribution in [0.15, 0.2) is 59.7 Å². The molecule has 60 heavy (non-hydrogen) atoms. The summed E-state index contributed by atoms with van der Waals surface area (Å²) in [5, 5.41) is 23.3. The quantitative estimate of drug-likeness (QED) is 0.0297. The van der Waals surface area contributed by atoms with E-state index in [1.54, 1.807) is 37.3 Å². The Morgan fingerprint density at radius 1 is 1.10 bits per heavy atom. The van der Waals surface area contributed by atoms with Crippen LogP contribution in [0.1, 0.15) is 90.5 Å². The molecule has 2 aromatic carbocycles. The zero-order valence-electron chi connectivity index (χ0n) is 34.6. The predicted octanol–water partition coefficient (Wildman–Crippen LogP) is 7.07. The van der Waals surface area contributed by atoms with E-state index in [2.05, 4.69) is 40.2 Å². The zero-order chi connectivity index (χ0) is 43.5. The number of rotatable bonds is 20. The number of amides is 1. The van der Waals surface area contributed by atoms with Crippen molar-refractivity contribution < 1.29 is 42.5 Å². The number of carbonyl (C=O) groups is 2. The first-order valence-corrected chi connectivity index (χ1v) is 20.7. The van der Waals surface area contributed by atoms with Gasteiger partial charge >= 0.3 is 6.16 Å². The summed E-state index contributed by atoms with van der Waals surface area (Å²) in [5.41, 5.74) is 0.918. The summed E-state index contributed by atoms with van der Waals surface area (Å²) >= 11 is 0. The van der Waals surface area contributed by atoms with Gasteiger partial charge in [0, 0.05) is 36.1 Å². The average Bonchev–Trinajstić information content (AvgIpc) is 3.82. The zero-order valence-corrected chi connectivity index (χ0v) is 35.5. The summed E-state index contributed by atoms with van der Waals surface area (Å²) in [6, 6.07) is 15.7. The van der Waals surface area contributed by atoms with Crippen LogP contribution in [-0.2, 0) is 28.1 Å². The maximum absolute atomic E-state index is 13.1. The minimum atomic E-state index is -1.76. The second-order valence-corrected chi connectivity index (χ2v) is 16.4. The Hall–Kier alpha value is -5.51. The largest absolute Gasteiger partial charge is 0.508 e. The fraction of sp³-hybridized carbons (Fsp3) is 0.500. The Labute approximate surface area is 348 Å². The number of nitrogens with one attached hydrogen (secondary N) is 2. The van der Waals surface area contributed by atoms with Gasteiger partial charge in [-0.25, -0.2) is 14.4 Å². The molecule has 322 valence electrons. The Kier molecular flexibility index (Phi) is 16.1. The number of nitrogens with zero attached hydrogens (tertiary/aromatic N) is 6. The molecule has 19 nitrogen and oxygen atoms in total. The lowest BCUT2D eigenvalue weighted by Crippen LogP contribution is -2.37. The molecular formula is C40H51N8O11P. The number of para-hydroxylation sites is 1. The number of benzene rings is 2. The minimum absolute atomic E-state index is 0.0126.